The van der Waals surface area contributed by atoms with Crippen LogP contribution < -0.4 is 5.73 Å². The number of amides is 1. The molecule has 0 bridgehead atoms. The third-order valence-electron chi connectivity index (χ3n) is 7.13. The van der Waals surface area contributed by atoms with E-state index >= 15 is 0 Å². The van der Waals surface area contributed by atoms with E-state index in [0.29, 0.717) is 24.5 Å². The van der Waals surface area contributed by atoms with Crippen molar-refractivity contribution in [1.29, 1.82) is 0 Å². The molecule has 0 aliphatic carbocycles. The smallest absolute Gasteiger partial charge is 0.254 e. The zero-order valence-electron chi connectivity index (χ0n) is 19.0. The molecule has 31 heavy (non-hydrogen) atoms. The minimum Gasteiger partial charge on any atom is -0.383 e. The number of hydrogen-bond donors (Lipinski definition) is 1. The molecule has 0 radical (unpaired) electrons. The van der Waals surface area contributed by atoms with Crippen molar-refractivity contribution >= 4 is 5.91 Å². The molecule has 5 nitrogen and oxygen atoms in total. The Morgan fingerprint density at radius 2 is 1.61 bits per heavy atom. The van der Waals surface area contributed by atoms with Crippen molar-refractivity contribution < 1.29 is 9.53 Å². The number of likely N-dealkylation sites (tertiary alicyclic amines) is 2. The van der Waals surface area contributed by atoms with Crippen LogP contribution >= 0.6 is 0 Å². The number of fused-ring (bicyclic) bond motifs is 1. The van der Waals surface area contributed by atoms with Gasteiger partial charge in [0, 0.05) is 50.9 Å². The maximum Gasteiger partial charge on any atom is 0.254 e. The van der Waals surface area contributed by atoms with E-state index in [1.54, 1.807) is 7.11 Å². The van der Waals surface area contributed by atoms with Gasteiger partial charge in [0.1, 0.15) is 0 Å². The number of carbonyl (C=O) groups excluding carboxylic acids is 1. The summed E-state index contributed by atoms with van der Waals surface area (Å²) >= 11 is 0. The molecule has 2 N–H and O–H groups in total. The highest BCUT2D eigenvalue weighted by Gasteiger charge is 2.43. The number of carbonyl (C=O) groups is 1. The van der Waals surface area contributed by atoms with E-state index in [4.69, 9.17) is 10.5 Å². The molecule has 2 aliphatic heterocycles. The van der Waals surface area contributed by atoms with Gasteiger partial charge in [-0.15, -0.1) is 0 Å². The Morgan fingerprint density at radius 3 is 2.19 bits per heavy atom. The fourth-order valence-corrected chi connectivity index (χ4v) is 5.45. The lowest BCUT2D eigenvalue weighted by Crippen LogP contribution is -2.41. The first kappa shape index (κ1) is 22.0. The zero-order chi connectivity index (χ0) is 22.0. The van der Waals surface area contributed by atoms with Gasteiger partial charge in [0.15, 0.2) is 0 Å². The number of nitrogens with zero attached hydrogens (tertiary/aromatic N) is 2. The Hall–Kier alpha value is -2.21. The van der Waals surface area contributed by atoms with Crippen molar-refractivity contribution in [2.75, 3.05) is 39.9 Å². The molecule has 0 saturated carbocycles. The quantitative estimate of drug-likeness (QED) is 0.744. The summed E-state index contributed by atoms with van der Waals surface area (Å²) in [5, 5.41) is 0. The third kappa shape index (κ3) is 4.69. The maximum atomic E-state index is 13.2. The minimum atomic E-state index is 0.00361. The Labute approximate surface area is 186 Å². The standard InChI is InChI=1S/C26H35N3O2/c1-18-8-7-9-19(2)25(18)26(30)29-15-21-13-28(14-22(21)16-29)23(17-31-3)12-24(27)20-10-5-4-6-11-20/h4-11,21-24H,12-17,27H2,1-3H3/t21?,22?,23?,24-/m0/s1. The second-order valence-electron chi connectivity index (χ2n) is 9.31. The lowest BCUT2D eigenvalue weighted by Gasteiger charge is -2.31. The number of hydrogen-bond acceptors (Lipinski definition) is 4. The average molecular weight is 422 g/mol. The highest BCUT2D eigenvalue weighted by molar-refractivity contribution is 5.97. The fraction of sp³-hybridized carbons (Fsp3) is 0.500. The Kier molecular flexibility index (Phi) is 6.75. The molecule has 0 aromatic heterocycles. The number of rotatable bonds is 7. The van der Waals surface area contributed by atoms with Gasteiger partial charge in [-0.05, 0) is 48.8 Å². The molecular formula is C26H35N3O2. The molecule has 4 atom stereocenters. The molecule has 3 unspecified atom stereocenters. The van der Waals surface area contributed by atoms with Gasteiger partial charge in [0.05, 0.1) is 6.61 Å². The molecule has 2 heterocycles. The van der Waals surface area contributed by atoms with Crippen molar-refractivity contribution in [2.45, 2.75) is 32.4 Å². The maximum absolute atomic E-state index is 13.2. The van der Waals surface area contributed by atoms with E-state index in [1.807, 2.05) is 50.2 Å². The van der Waals surface area contributed by atoms with Gasteiger partial charge in [-0.3, -0.25) is 9.69 Å². The predicted octanol–water partition coefficient (Wildman–Crippen LogP) is 3.41. The van der Waals surface area contributed by atoms with Crippen LogP contribution in [0.3, 0.4) is 0 Å². The lowest BCUT2D eigenvalue weighted by atomic mass is 9.99. The van der Waals surface area contributed by atoms with E-state index in [2.05, 4.69) is 21.9 Å². The summed E-state index contributed by atoms with van der Waals surface area (Å²) < 4.78 is 5.56. The molecule has 2 aliphatic rings. The summed E-state index contributed by atoms with van der Waals surface area (Å²) in [6.45, 7) is 8.46. The summed E-state index contributed by atoms with van der Waals surface area (Å²) in [7, 11) is 1.77. The molecule has 2 saturated heterocycles. The second kappa shape index (κ2) is 9.51. The summed E-state index contributed by atoms with van der Waals surface area (Å²) in [5.41, 5.74) is 10.7. The molecule has 5 heteroatoms. The Balaban J connectivity index is 1.39. The summed E-state index contributed by atoms with van der Waals surface area (Å²) in [5.74, 6) is 1.25. The second-order valence-corrected chi connectivity index (χ2v) is 9.31. The van der Waals surface area contributed by atoms with Crippen LogP contribution in [0.5, 0.6) is 0 Å². The van der Waals surface area contributed by atoms with Gasteiger partial charge in [-0.2, -0.15) is 0 Å². The van der Waals surface area contributed by atoms with Crippen molar-refractivity contribution in [3.05, 3.63) is 70.8 Å². The summed E-state index contributed by atoms with van der Waals surface area (Å²) in [6, 6.07) is 16.7. The van der Waals surface area contributed by atoms with Crippen molar-refractivity contribution in [3.63, 3.8) is 0 Å². The van der Waals surface area contributed by atoms with Crippen LogP contribution in [0.2, 0.25) is 0 Å². The molecular weight excluding hydrogens is 386 g/mol. The minimum absolute atomic E-state index is 0.00361. The molecule has 0 spiro atoms. The van der Waals surface area contributed by atoms with Gasteiger partial charge in [0.25, 0.3) is 5.91 Å². The van der Waals surface area contributed by atoms with Gasteiger partial charge in [0.2, 0.25) is 0 Å². The monoisotopic (exact) mass is 421 g/mol. The molecule has 2 fully saturated rings. The van der Waals surface area contributed by atoms with Crippen LogP contribution in [0.15, 0.2) is 48.5 Å². The first-order chi connectivity index (χ1) is 15.0. The lowest BCUT2D eigenvalue weighted by molar-refractivity contribution is 0.0725. The first-order valence-corrected chi connectivity index (χ1v) is 11.4. The Morgan fingerprint density at radius 1 is 1.00 bits per heavy atom. The summed E-state index contributed by atoms with van der Waals surface area (Å²) in [6.07, 6.45) is 0.877. The van der Waals surface area contributed by atoms with E-state index < -0.39 is 0 Å². The molecule has 2 aromatic rings. The largest absolute Gasteiger partial charge is 0.383 e. The summed E-state index contributed by atoms with van der Waals surface area (Å²) in [4.78, 5) is 17.8. The SMILES string of the molecule is COCC(C[C@H](N)c1ccccc1)N1CC2CN(C(=O)c3c(C)cccc3C)CC2C1. The fourth-order valence-electron chi connectivity index (χ4n) is 5.45. The third-order valence-corrected chi connectivity index (χ3v) is 7.13. The van der Waals surface area contributed by atoms with Gasteiger partial charge in [-0.25, -0.2) is 0 Å². The van der Waals surface area contributed by atoms with Gasteiger partial charge < -0.3 is 15.4 Å². The van der Waals surface area contributed by atoms with E-state index in [0.717, 1.165) is 49.3 Å². The van der Waals surface area contributed by atoms with Gasteiger partial charge >= 0.3 is 0 Å². The van der Waals surface area contributed by atoms with Crippen LogP contribution in [-0.4, -0.2) is 61.6 Å². The molecule has 2 aromatic carbocycles. The van der Waals surface area contributed by atoms with Crippen LogP contribution in [0.25, 0.3) is 0 Å². The highest BCUT2D eigenvalue weighted by Crippen LogP contribution is 2.35. The topological polar surface area (TPSA) is 58.8 Å². The van der Waals surface area contributed by atoms with Crippen molar-refractivity contribution in [3.8, 4) is 0 Å². The molecule has 166 valence electrons. The van der Waals surface area contributed by atoms with E-state index in [9.17, 15) is 4.79 Å². The normalized spacial score (nSPS) is 23.0. The zero-order valence-corrected chi connectivity index (χ0v) is 19.0. The van der Waals surface area contributed by atoms with Crippen molar-refractivity contribution in [2.24, 2.45) is 17.6 Å². The molecule has 1 amide bonds. The average Bonchev–Trinajstić information content (AvgIpc) is 3.33. The first-order valence-electron chi connectivity index (χ1n) is 11.4. The number of methoxy groups -OCH3 is 1. The van der Waals surface area contributed by atoms with Crippen LogP contribution in [0, 0.1) is 25.7 Å². The van der Waals surface area contributed by atoms with Crippen LogP contribution in [0.1, 0.15) is 39.5 Å². The van der Waals surface area contributed by atoms with Crippen molar-refractivity contribution in [1.82, 2.24) is 9.80 Å². The highest BCUT2D eigenvalue weighted by atomic mass is 16.5. The number of nitrogens with two attached hydrogens (primary N) is 1. The van der Waals surface area contributed by atoms with Crippen LogP contribution in [-0.2, 0) is 4.74 Å². The Bertz CT molecular complexity index is 867. The number of benzene rings is 2. The van der Waals surface area contributed by atoms with Crippen LogP contribution in [0.4, 0.5) is 0 Å². The predicted molar refractivity (Wildman–Crippen MR) is 124 cm³/mol. The van der Waals surface area contributed by atoms with Gasteiger partial charge in [-0.1, -0.05) is 48.5 Å². The number of aryl methyl sites for hydroxylation is 2. The van der Waals surface area contributed by atoms with E-state index in [1.165, 1.54) is 5.56 Å². The van der Waals surface area contributed by atoms with E-state index in [-0.39, 0.29) is 11.9 Å². The molecule has 4 rings (SSSR count). The number of ether oxygens (including phenoxy) is 1.